The van der Waals surface area contributed by atoms with E-state index in [1.807, 2.05) is 11.1 Å². The predicted molar refractivity (Wildman–Crippen MR) is 71.0 cm³/mol. The Balaban J connectivity index is 1.64. The number of aromatic nitrogens is 2. The monoisotopic (exact) mass is 280 g/mol. The standard InChI is InChI=1S/C13H20N4O3/c1-19-3-2-17-11-6-16(5-10-4-14-9-15-10)7-12(11)20-8-13(17)18/h4,9,11-12H,2-3,5-8H2,1H3,(H,14,15)/t11-,12-/m0/s1. The first-order valence-electron chi connectivity index (χ1n) is 6.87. The maximum atomic E-state index is 12.0. The lowest BCUT2D eigenvalue weighted by Crippen LogP contribution is -2.54. The molecule has 1 aromatic rings. The Labute approximate surface area is 117 Å². The van der Waals surface area contributed by atoms with Crippen molar-refractivity contribution in [3.8, 4) is 0 Å². The number of likely N-dealkylation sites (tertiary alicyclic amines) is 1. The minimum absolute atomic E-state index is 0.0618. The van der Waals surface area contributed by atoms with Crippen LogP contribution in [0.2, 0.25) is 0 Å². The number of morpholine rings is 1. The summed E-state index contributed by atoms with van der Waals surface area (Å²) in [5, 5.41) is 0. The third kappa shape index (κ3) is 2.70. The van der Waals surface area contributed by atoms with Gasteiger partial charge in [-0.15, -0.1) is 0 Å². The molecule has 0 spiro atoms. The van der Waals surface area contributed by atoms with E-state index in [-0.39, 0.29) is 24.7 Å². The van der Waals surface area contributed by atoms with E-state index in [1.54, 1.807) is 13.4 Å². The summed E-state index contributed by atoms with van der Waals surface area (Å²) in [6.45, 7) is 3.87. The van der Waals surface area contributed by atoms with Crippen LogP contribution in [0.15, 0.2) is 12.5 Å². The number of imidazole rings is 1. The number of hydrogen-bond donors (Lipinski definition) is 1. The van der Waals surface area contributed by atoms with Crippen molar-refractivity contribution in [1.29, 1.82) is 0 Å². The van der Waals surface area contributed by atoms with E-state index in [4.69, 9.17) is 9.47 Å². The van der Waals surface area contributed by atoms with Crippen LogP contribution in [0.5, 0.6) is 0 Å². The molecular formula is C13H20N4O3. The van der Waals surface area contributed by atoms with E-state index in [0.29, 0.717) is 13.2 Å². The lowest BCUT2D eigenvalue weighted by Gasteiger charge is -2.36. The minimum atomic E-state index is 0.0618. The first kappa shape index (κ1) is 13.5. The van der Waals surface area contributed by atoms with Crippen LogP contribution in [0.3, 0.4) is 0 Å². The molecule has 0 saturated carbocycles. The smallest absolute Gasteiger partial charge is 0.249 e. The zero-order chi connectivity index (χ0) is 13.9. The molecule has 2 atom stereocenters. The molecule has 2 aliphatic heterocycles. The number of nitrogens with zero attached hydrogens (tertiary/aromatic N) is 3. The largest absolute Gasteiger partial charge is 0.383 e. The van der Waals surface area contributed by atoms with Gasteiger partial charge >= 0.3 is 0 Å². The van der Waals surface area contributed by atoms with Crippen LogP contribution in [0, 0.1) is 0 Å². The molecule has 20 heavy (non-hydrogen) atoms. The molecule has 1 N–H and O–H groups in total. The third-order valence-electron chi connectivity index (χ3n) is 3.94. The van der Waals surface area contributed by atoms with Gasteiger partial charge in [-0.05, 0) is 0 Å². The number of nitrogens with one attached hydrogen (secondary N) is 1. The molecule has 7 heteroatoms. The van der Waals surface area contributed by atoms with Gasteiger partial charge in [0.1, 0.15) is 6.61 Å². The van der Waals surface area contributed by atoms with Crippen molar-refractivity contribution in [1.82, 2.24) is 19.8 Å². The molecule has 0 aliphatic carbocycles. The Morgan fingerprint density at radius 2 is 2.45 bits per heavy atom. The van der Waals surface area contributed by atoms with E-state index < -0.39 is 0 Å². The Kier molecular flexibility index (Phi) is 4.00. The molecule has 0 bridgehead atoms. The fourth-order valence-electron chi connectivity index (χ4n) is 2.96. The molecule has 2 fully saturated rings. The van der Waals surface area contributed by atoms with Gasteiger partial charge in [-0.25, -0.2) is 4.98 Å². The zero-order valence-corrected chi connectivity index (χ0v) is 11.6. The van der Waals surface area contributed by atoms with Gasteiger partial charge in [-0.2, -0.15) is 0 Å². The van der Waals surface area contributed by atoms with E-state index in [1.165, 1.54) is 0 Å². The maximum Gasteiger partial charge on any atom is 0.249 e. The number of carbonyl (C=O) groups excluding carboxylic acids is 1. The minimum Gasteiger partial charge on any atom is -0.383 e. The number of methoxy groups -OCH3 is 1. The first-order valence-corrected chi connectivity index (χ1v) is 6.87. The van der Waals surface area contributed by atoms with Crippen molar-refractivity contribution >= 4 is 5.91 Å². The molecule has 2 saturated heterocycles. The van der Waals surface area contributed by atoms with Gasteiger partial charge < -0.3 is 19.4 Å². The molecule has 0 unspecified atom stereocenters. The van der Waals surface area contributed by atoms with Crippen LogP contribution in [-0.4, -0.2) is 77.8 Å². The van der Waals surface area contributed by atoms with Crippen molar-refractivity contribution < 1.29 is 14.3 Å². The van der Waals surface area contributed by atoms with E-state index >= 15 is 0 Å². The Morgan fingerprint density at radius 3 is 3.20 bits per heavy atom. The topological polar surface area (TPSA) is 70.7 Å². The number of aromatic amines is 1. The van der Waals surface area contributed by atoms with E-state index in [9.17, 15) is 4.79 Å². The first-order chi connectivity index (χ1) is 9.78. The van der Waals surface area contributed by atoms with E-state index in [0.717, 1.165) is 25.3 Å². The Hall–Kier alpha value is -1.44. The van der Waals surface area contributed by atoms with Crippen LogP contribution in [-0.2, 0) is 20.8 Å². The summed E-state index contributed by atoms with van der Waals surface area (Å²) in [5.74, 6) is 0.0618. The summed E-state index contributed by atoms with van der Waals surface area (Å²) < 4.78 is 10.8. The molecular weight excluding hydrogens is 260 g/mol. The number of rotatable bonds is 5. The molecule has 1 amide bonds. The van der Waals surface area contributed by atoms with Gasteiger partial charge in [-0.1, -0.05) is 0 Å². The highest BCUT2D eigenvalue weighted by Gasteiger charge is 2.42. The normalized spacial score (nSPS) is 27.1. The number of hydrogen-bond acceptors (Lipinski definition) is 5. The average molecular weight is 280 g/mol. The van der Waals surface area contributed by atoms with Gasteiger partial charge in [0.25, 0.3) is 0 Å². The van der Waals surface area contributed by atoms with Crippen LogP contribution < -0.4 is 0 Å². The highest BCUT2D eigenvalue weighted by Crippen LogP contribution is 2.24. The highest BCUT2D eigenvalue weighted by atomic mass is 16.5. The summed E-state index contributed by atoms with van der Waals surface area (Å²) in [4.78, 5) is 23.3. The third-order valence-corrected chi connectivity index (χ3v) is 3.94. The van der Waals surface area contributed by atoms with Crippen LogP contribution in [0.1, 0.15) is 5.69 Å². The number of fused-ring (bicyclic) bond motifs is 1. The summed E-state index contributed by atoms with van der Waals surface area (Å²) in [6.07, 6.45) is 3.62. The second-order valence-corrected chi connectivity index (χ2v) is 5.27. The van der Waals surface area contributed by atoms with E-state index in [2.05, 4.69) is 14.9 Å². The summed E-state index contributed by atoms with van der Waals surface area (Å²) in [7, 11) is 1.65. The summed E-state index contributed by atoms with van der Waals surface area (Å²) >= 11 is 0. The van der Waals surface area contributed by atoms with Crippen LogP contribution >= 0.6 is 0 Å². The lowest BCUT2D eigenvalue weighted by atomic mass is 10.1. The fraction of sp³-hybridized carbons (Fsp3) is 0.692. The molecule has 0 radical (unpaired) electrons. The van der Waals surface area contributed by atoms with Gasteiger partial charge in [0.2, 0.25) is 5.91 Å². The number of ether oxygens (including phenoxy) is 2. The summed E-state index contributed by atoms with van der Waals surface area (Å²) in [6, 6.07) is 0.134. The molecule has 3 heterocycles. The molecule has 2 aliphatic rings. The Bertz CT molecular complexity index is 450. The molecule has 3 rings (SSSR count). The van der Waals surface area contributed by atoms with Gasteiger partial charge in [0, 0.05) is 45.2 Å². The maximum absolute atomic E-state index is 12.0. The van der Waals surface area contributed by atoms with Crippen molar-refractivity contribution in [2.45, 2.75) is 18.7 Å². The SMILES string of the molecule is COCCN1C(=O)CO[C@H]2CN(Cc3cnc[nH]3)C[C@@H]21. The quantitative estimate of drug-likeness (QED) is 0.785. The van der Waals surface area contributed by atoms with Crippen molar-refractivity contribution in [2.24, 2.45) is 0 Å². The Morgan fingerprint density at radius 1 is 1.55 bits per heavy atom. The summed E-state index contributed by atoms with van der Waals surface area (Å²) in [5.41, 5.74) is 1.08. The number of H-pyrrole nitrogens is 1. The molecule has 1 aromatic heterocycles. The van der Waals surface area contributed by atoms with Gasteiger partial charge in [0.05, 0.1) is 25.1 Å². The van der Waals surface area contributed by atoms with Crippen LogP contribution in [0.4, 0.5) is 0 Å². The molecule has 7 nitrogen and oxygen atoms in total. The number of amides is 1. The fourth-order valence-corrected chi connectivity index (χ4v) is 2.96. The van der Waals surface area contributed by atoms with Crippen molar-refractivity contribution in [3.63, 3.8) is 0 Å². The second-order valence-electron chi connectivity index (χ2n) is 5.27. The van der Waals surface area contributed by atoms with Gasteiger partial charge in [-0.3, -0.25) is 9.69 Å². The van der Waals surface area contributed by atoms with Crippen LogP contribution in [0.25, 0.3) is 0 Å². The second kappa shape index (κ2) is 5.90. The number of carbonyl (C=O) groups is 1. The van der Waals surface area contributed by atoms with Crippen molar-refractivity contribution in [2.75, 3.05) is 40.0 Å². The highest BCUT2D eigenvalue weighted by molar-refractivity contribution is 5.78. The average Bonchev–Trinajstić information content (AvgIpc) is 3.07. The molecule has 110 valence electrons. The zero-order valence-electron chi connectivity index (χ0n) is 11.6. The predicted octanol–water partition coefficient (Wildman–Crippen LogP) is -0.532. The lowest BCUT2D eigenvalue weighted by molar-refractivity contribution is -0.153. The molecule has 0 aromatic carbocycles. The van der Waals surface area contributed by atoms with Crippen molar-refractivity contribution in [3.05, 3.63) is 18.2 Å². The van der Waals surface area contributed by atoms with Gasteiger partial charge in [0.15, 0.2) is 0 Å².